The van der Waals surface area contributed by atoms with Crippen LogP contribution in [0.2, 0.25) is 0 Å². The fraction of sp³-hybridized carbons (Fsp3) is 0.625. The Hall–Kier alpha value is -2.16. The lowest BCUT2D eigenvalue weighted by atomic mass is 9.63. The zero-order valence-electron chi connectivity index (χ0n) is 23.4. The molecule has 3 heteroatoms. The van der Waals surface area contributed by atoms with Gasteiger partial charge in [0.05, 0.1) is 11.0 Å². The predicted molar refractivity (Wildman–Crippen MR) is 146 cm³/mol. The summed E-state index contributed by atoms with van der Waals surface area (Å²) < 4.78 is 0. The molecule has 0 saturated carbocycles. The first-order valence-corrected chi connectivity index (χ1v) is 13.7. The van der Waals surface area contributed by atoms with Crippen molar-refractivity contribution in [3.8, 4) is 0 Å². The molecule has 1 N–H and O–H groups in total. The Morgan fingerprint density at radius 1 is 0.857 bits per heavy atom. The first kappa shape index (κ1) is 29.1. The van der Waals surface area contributed by atoms with Crippen molar-refractivity contribution in [2.24, 2.45) is 29.1 Å². The zero-order valence-corrected chi connectivity index (χ0v) is 23.4. The van der Waals surface area contributed by atoms with Gasteiger partial charge in [0.1, 0.15) is 5.76 Å². The van der Waals surface area contributed by atoms with Crippen LogP contribution in [0.5, 0.6) is 0 Å². The number of carbonyl (C=O) groups is 2. The Balaban J connectivity index is 2.61. The number of aliphatic hydroxyl groups excluding tert-OH is 1. The minimum atomic E-state index is -0.988. The maximum atomic E-state index is 14.2. The normalized spacial score (nSPS) is 17.2. The van der Waals surface area contributed by atoms with Crippen molar-refractivity contribution in [2.45, 2.75) is 100 Å². The molecule has 0 saturated heterocycles. The monoisotopic (exact) mass is 480 g/mol. The summed E-state index contributed by atoms with van der Waals surface area (Å²) in [5.41, 5.74) is 1.99. The largest absolute Gasteiger partial charge is 0.510 e. The van der Waals surface area contributed by atoms with Gasteiger partial charge in [0.15, 0.2) is 11.6 Å². The summed E-state index contributed by atoms with van der Waals surface area (Å²) >= 11 is 0. The van der Waals surface area contributed by atoms with E-state index in [9.17, 15) is 14.7 Å². The number of ketones is 2. The predicted octanol–water partition coefficient (Wildman–Crippen LogP) is 8.44. The lowest BCUT2D eigenvalue weighted by molar-refractivity contribution is -0.126. The molecule has 1 aliphatic carbocycles. The minimum Gasteiger partial charge on any atom is -0.510 e. The molecule has 0 aliphatic heterocycles. The molecule has 0 radical (unpaired) electrons. The summed E-state index contributed by atoms with van der Waals surface area (Å²) in [7, 11) is 0. The van der Waals surface area contributed by atoms with Gasteiger partial charge in [-0.15, -0.1) is 0 Å². The highest BCUT2D eigenvalue weighted by Crippen LogP contribution is 2.49. The van der Waals surface area contributed by atoms with Crippen LogP contribution in [0, 0.1) is 29.1 Å². The van der Waals surface area contributed by atoms with Crippen LogP contribution in [-0.4, -0.2) is 16.7 Å². The molecular weight excluding hydrogens is 432 g/mol. The third kappa shape index (κ3) is 7.18. The molecule has 0 aromatic heterocycles. The van der Waals surface area contributed by atoms with Gasteiger partial charge in [0, 0.05) is 5.92 Å². The van der Waals surface area contributed by atoms with E-state index in [-0.39, 0.29) is 23.2 Å². The van der Waals surface area contributed by atoms with Crippen LogP contribution in [-0.2, 0) is 16.0 Å². The number of hydrogen-bond donors (Lipinski definition) is 1. The molecule has 1 unspecified atom stereocenters. The van der Waals surface area contributed by atoms with Crippen LogP contribution in [0.1, 0.15) is 99.5 Å². The van der Waals surface area contributed by atoms with Crippen molar-refractivity contribution in [1.82, 2.24) is 0 Å². The van der Waals surface area contributed by atoms with Gasteiger partial charge in [-0.25, -0.2) is 0 Å². The van der Waals surface area contributed by atoms with Crippen molar-refractivity contribution in [3.05, 3.63) is 58.4 Å². The lowest BCUT2D eigenvalue weighted by Gasteiger charge is -2.39. The fourth-order valence-corrected chi connectivity index (χ4v) is 5.14. The fourth-order valence-electron chi connectivity index (χ4n) is 5.14. The van der Waals surface area contributed by atoms with Crippen molar-refractivity contribution in [2.75, 3.05) is 0 Å². The van der Waals surface area contributed by atoms with E-state index in [0.717, 1.165) is 30.4 Å². The molecular formula is C32H48O3. The number of rotatable bonds is 13. The Kier molecular flexibility index (Phi) is 10.5. The third-order valence-corrected chi connectivity index (χ3v) is 7.57. The molecule has 3 nitrogen and oxygen atoms in total. The van der Waals surface area contributed by atoms with Crippen molar-refractivity contribution >= 4 is 11.6 Å². The highest BCUT2D eigenvalue weighted by Gasteiger charge is 2.49. The Bertz CT molecular complexity index is 919. The summed E-state index contributed by atoms with van der Waals surface area (Å²) in [5, 5.41) is 11.8. The third-order valence-electron chi connectivity index (χ3n) is 7.57. The molecule has 0 amide bonds. The smallest absolute Gasteiger partial charge is 0.172 e. The quantitative estimate of drug-likeness (QED) is 0.308. The van der Waals surface area contributed by atoms with Gasteiger partial charge in [-0.1, -0.05) is 78.8 Å². The molecule has 1 aromatic carbocycles. The summed E-state index contributed by atoms with van der Waals surface area (Å²) in [4.78, 5) is 28.1. The van der Waals surface area contributed by atoms with E-state index in [1.807, 2.05) is 44.2 Å². The summed E-state index contributed by atoms with van der Waals surface area (Å²) in [6, 6.07) is 10.0. The number of carbonyl (C=O) groups excluding carboxylic acids is 2. The van der Waals surface area contributed by atoms with E-state index in [0.29, 0.717) is 54.6 Å². The van der Waals surface area contributed by atoms with Gasteiger partial charge in [-0.2, -0.15) is 0 Å². The van der Waals surface area contributed by atoms with Crippen LogP contribution in [0.4, 0.5) is 0 Å². The Morgan fingerprint density at radius 3 is 1.86 bits per heavy atom. The highest BCUT2D eigenvalue weighted by molar-refractivity contribution is 6.11. The minimum absolute atomic E-state index is 0.0412. The standard InChI is InChI=1S/C32H48O3/c1-21(2)14-15-27-25(8)28(29(33)24(7)20-26-12-10-9-11-13-26)31(35)32(30(27)34,18-16-22(3)4)19-17-23(5)6/h9-13,21-24,35H,14-20H2,1-8H3. The number of hydrogen-bond acceptors (Lipinski definition) is 3. The second-order valence-electron chi connectivity index (χ2n) is 12.0. The highest BCUT2D eigenvalue weighted by atomic mass is 16.3. The zero-order chi connectivity index (χ0) is 26.3. The van der Waals surface area contributed by atoms with Crippen molar-refractivity contribution in [1.29, 1.82) is 0 Å². The molecule has 2 rings (SSSR count). The molecule has 0 bridgehead atoms. The van der Waals surface area contributed by atoms with Crippen LogP contribution in [0.25, 0.3) is 0 Å². The molecule has 194 valence electrons. The molecule has 0 heterocycles. The maximum absolute atomic E-state index is 14.2. The summed E-state index contributed by atoms with van der Waals surface area (Å²) in [6.07, 6.45) is 5.02. The van der Waals surface area contributed by atoms with Crippen LogP contribution in [0.3, 0.4) is 0 Å². The van der Waals surface area contributed by atoms with E-state index in [1.165, 1.54) is 0 Å². The maximum Gasteiger partial charge on any atom is 0.172 e. The van der Waals surface area contributed by atoms with Gasteiger partial charge >= 0.3 is 0 Å². The summed E-state index contributed by atoms with van der Waals surface area (Å²) in [5.74, 6) is 1.05. The molecule has 35 heavy (non-hydrogen) atoms. The van der Waals surface area contributed by atoms with Gasteiger partial charge in [0.2, 0.25) is 0 Å². The van der Waals surface area contributed by atoms with E-state index in [2.05, 4.69) is 41.5 Å². The van der Waals surface area contributed by atoms with Crippen LogP contribution in [0.15, 0.2) is 52.8 Å². The van der Waals surface area contributed by atoms with E-state index < -0.39 is 5.41 Å². The molecule has 1 atom stereocenters. The van der Waals surface area contributed by atoms with Crippen LogP contribution >= 0.6 is 0 Å². The first-order valence-electron chi connectivity index (χ1n) is 13.7. The number of allylic oxidation sites excluding steroid dienone is 4. The second-order valence-corrected chi connectivity index (χ2v) is 12.0. The van der Waals surface area contributed by atoms with Gasteiger partial charge in [-0.05, 0) is 86.3 Å². The SMILES string of the molecule is CC1=C(CCC(C)C)C(=O)C(CCC(C)C)(CCC(C)C)C(O)=C1C(=O)C(C)Cc1ccccc1. The van der Waals surface area contributed by atoms with Crippen molar-refractivity contribution < 1.29 is 14.7 Å². The molecule has 1 aliphatic rings. The van der Waals surface area contributed by atoms with Gasteiger partial charge < -0.3 is 5.11 Å². The topological polar surface area (TPSA) is 54.4 Å². The number of benzene rings is 1. The summed E-state index contributed by atoms with van der Waals surface area (Å²) in [6.45, 7) is 16.7. The van der Waals surface area contributed by atoms with Gasteiger partial charge in [0.25, 0.3) is 0 Å². The first-order chi connectivity index (χ1) is 16.4. The number of aliphatic hydroxyl groups is 1. The second kappa shape index (κ2) is 12.7. The number of Topliss-reactive ketones (excluding diaryl/α,β-unsaturated/α-hetero) is 2. The molecule has 1 aromatic rings. The van der Waals surface area contributed by atoms with E-state index >= 15 is 0 Å². The van der Waals surface area contributed by atoms with E-state index in [4.69, 9.17) is 0 Å². The molecule has 0 spiro atoms. The Morgan fingerprint density at radius 2 is 1.37 bits per heavy atom. The average molecular weight is 481 g/mol. The average Bonchev–Trinajstić information content (AvgIpc) is 2.78. The van der Waals surface area contributed by atoms with Crippen molar-refractivity contribution in [3.63, 3.8) is 0 Å². The van der Waals surface area contributed by atoms with Crippen LogP contribution < -0.4 is 0 Å². The van der Waals surface area contributed by atoms with Gasteiger partial charge in [-0.3, -0.25) is 9.59 Å². The van der Waals surface area contributed by atoms with E-state index in [1.54, 1.807) is 0 Å². The molecule has 0 fully saturated rings. The lowest BCUT2D eigenvalue weighted by Crippen LogP contribution is -2.41. The Labute approximate surface area is 214 Å².